The van der Waals surface area contributed by atoms with Crippen molar-refractivity contribution in [2.45, 2.75) is 20.8 Å². The molecule has 2 aromatic carbocycles. The lowest BCUT2D eigenvalue weighted by atomic mass is 10.1. The number of para-hydroxylation sites is 2. The first-order chi connectivity index (χ1) is 10.6. The molecule has 0 saturated carbocycles. The van der Waals surface area contributed by atoms with Gasteiger partial charge in [0.2, 0.25) is 5.52 Å². The number of fused-ring (bicyclic) bond motifs is 3. The summed E-state index contributed by atoms with van der Waals surface area (Å²) in [4.78, 5) is 0. The van der Waals surface area contributed by atoms with Crippen molar-refractivity contribution in [2.24, 2.45) is 7.05 Å². The number of aryl methyl sites for hydroxylation is 3. The van der Waals surface area contributed by atoms with E-state index < -0.39 is 0 Å². The number of nitrogens with zero attached hydrogens (tertiary/aromatic N) is 2. The Kier molecular flexibility index (Phi) is 2.67. The van der Waals surface area contributed by atoms with Crippen LogP contribution in [0.3, 0.4) is 0 Å². The third-order valence-electron chi connectivity index (χ3n) is 4.56. The predicted octanol–water partition coefficient (Wildman–Crippen LogP) is 4.13. The predicted molar refractivity (Wildman–Crippen MR) is 88.4 cm³/mol. The van der Waals surface area contributed by atoms with Crippen LogP contribution in [-0.2, 0) is 7.05 Å². The zero-order valence-electron chi connectivity index (χ0n) is 13.3. The molecular weight excluding hydrogens is 272 g/mol. The van der Waals surface area contributed by atoms with Crippen LogP contribution < -0.4 is 4.57 Å². The molecule has 0 aliphatic rings. The molecule has 0 spiro atoms. The molecule has 0 aliphatic carbocycles. The quantitative estimate of drug-likeness (QED) is 0.483. The number of hydrogen-bond acceptors (Lipinski definition) is 1. The Bertz CT molecular complexity index is 1000. The maximum atomic E-state index is 6.19. The molecule has 110 valence electrons. The van der Waals surface area contributed by atoms with Gasteiger partial charge < -0.3 is 4.42 Å². The zero-order valence-corrected chi connectivity index (χ0v) is 13.3. The van der Waals surface area contributed by atoms with Crippen molar-refractivity contribution in [3.8, 4) is 5.69 Å². The minimum atomic E-state index is 0.915. The summed E-state index contributed by atoms with van der Waals surface area (Å²) in [6, 6.07) is 14.6. The van der Waals surface area contributed by atoms with Gasteiger partial charge in [-0.2, -0.15) is 4.57 Å². The molecule has 22 heavy (non-hydrogen) atoms. The number of aromatic nitrogens is 2. The Labute approximate surface area is 129 Å². The van der Waals surface area contributed by atoms with Crippen LogP contribution in [0.1, 0.15) is 17.0 Å². The van der Waals surface area contributed by atoms with Crippen LogP contribution in [0.15, 0.2) is 46.9 Å². The molecule has 0 N–H and O–H groups in total. The van der Waals surface area contributed by atoms with Crippen LogP contribution in [0.2, 0.25) is 0 Å². The summed E-state index contributed by atoms with van der Waals surface area (Å²) in [5, 5.41) is 1.16. The van der Waals surface area contributed by atoms with Crippen molar-refractivity contribution in [3.05, 3.63) is 59.4 Å². The van der Waals surface area contributed by atoms with Gasteiger partial charge in [-0.25, -0.2) is 4.57 Å². The fourth-order valence-corrected chi connectivity index (χ4v) is 3.38. The SMILES string of the molecule is Cc1cccc(C)c1-n1c(C)[n+](C)c2c3ccccc3oc21. The molecule has 3 heteroatoms. The highest BCUT2D eigenvalue weighted by atomic mass is 16.3. The minimum absolute atomic E-state index is 0.915. The first kappa shape index (κ1) is 13.1. The molecule has 2 aromatic heterocycles. The van der Waals surface area contributed by atoms with E-state index in [4.69, 9.17) is 4.42 Å². The van der Waals surface area contributed by atoms with E-state index in [-0.39, 0.29) is 0 Å². The van der Waals surface area contributed by atoms with Crippen LogP contribution in [0.5, 0.6) is 0 Å². The molecule has 3 nitrogen and oxygen atoms in total. The first-order valence-corrected chi connectivity index (χ1v) is 7.54. The van der Waals surface area contributed by atoms with Gasteiger partial charge in [-0.1, -0.05) is 30.3 Å². The molecule has 0 radical (unpaired) electrons. The highest BCUT2D eigenvalue weighted by molar-refractivity contribution is 6.00. The number of furan rings is 1. The Morgan fingerprint density at radius 1 is 0.909 bits per heavy atom. The normalized spacial score (nSPS) is 11.6. The fraction of sp³-hybridized carbons (Fsp3) is 0.211. The van der Waals surface area contributed by atoms with E-state index in [1.54, 1.807) is 0 Å². The fourth-order valence-electron chi connectivity index (χ4n) is 3.38. The van der Waals surface area contributed by atoms with Gasteiger partial charge in [-0.3, -0.25) is 0 Å². The summed E-state index contributed by atoms with van der Waals surface area (Å²) < 4.78 is 10.6. The maximum Gasteiger partial charge on any atom is 0.344 e. The smallest absolute Gasteiger partial charge is 0.344 e. The van der Waals surface area contributed by atoms with E-state index in [2.05, 4.69) is 67.3 Å². The van der Waals surface area contributed by atoms with Crippen LogP contribution in [-0.4, -0.2) is 4.57 Å². The summed E-state index contributed by atoms with van der Waals surface area (Å²) in [6.07, 6.45) is 0. The van der Waals surface area contributed by atoms with E-state index in [9.17, 15) is 0 Å². The Hall–Kier alpha value is -2.55. The van der Waals surface area contributed by atoms with Gasteiger partial charge in [0.05, 0.1) is 12.4 Å². The number of rotatable bonds is 1. The lowest BCUT2D eigenvalue weighted by molar-refractivity contribution is -0.651. The van der Waals surface area contributed by atoms with Gasteiger partial charge in [0, 0.05) is 6.92 Å². The molecule has 4 aromatic rings. The van der Waals surface area contributed by atoms with Crippen molar-refractivity contribution < 1.29 is 8.98 Å². The maximum absolute atomic E-state index is 6.19. The number of imidazole rings is 1. The van der Waals surface area contributed by atoms with E-state index in [0.29, 0.717) is 0 Å². The molecule has 0 amide bonds. The molecule has 0 saturated heterocycles. The topological polar surface area (TPSA) is 21.9 Å². The second kappa shape index (κ2) is 4.47. The van der Waals surface area contributed by atoms with Gasteiger partial charge in [-0.05, 0) is 37.1 Å². The van der Waals surface area contributed by atoms with Gasteiger partial charge in [0.25, 0.3) is 5.82 Å². The Morgan fingerprint density at radius 3 is 2.32 bits per heavy atom. The van der Waals surface area contributed by atoms with E-state index in [1.165, 1.54) is 16.8 Å². The van der Waals surface area contributed by atoms with E-state index in [0.717, 1.165) is 28.0 Å². The molecule has 0 unspecified atom stereocenters. The van der Waals surface area contributed by atoms with E-state index in [1.807, 2.05) is 12.1 Å². The summed E-state index contributed by atoms with van der Waals surface area (Å²) in [5.74, 6) is 1.16. The minimum Gasteiger partial charge on any atom is -0.419 e. The average Bonchev–Trinajstić information content (AvgIpc) is 2.98. The molecular formula is C19H19N2O+. The van der Waals surface area contributed by atoms with Crippen LogP contribution in [0, 0.1) is 20.8 Å². The lowest BCUT2D eigenvalue weighted by Gasteiger charge is -2.06. The van der Waals surface area contributed by atoms with Crippen molar-refractivity contribution in [1.82, 2.24) is 4.57 Å². The van der Waals surface area contributed by atoms with Crippen molar-refractivity contribution in [3.63, 3.8) is 0 Å². The van der Waals surface area contributed by atoms with Crippen LogP contribution in [0.25, 0.3) is 27.9 Å². The molecule has 4 rings (SSSR count). The first-order valence-electron chi connectivity index (χ1n) is 7.54. The summed E-state index contributed by atoms with van der Waals surface area (Å²) in [5.41, 5.74) is 6.71. The van der Waals surface area contributed by atoms with Crippen LogP contribution in [0.4, 0.5) is 0 Å². The second-order valence-electron chi connectivity index (χ2n) is 5.93. The van der Waals surface area contributed by atoms with Crippen molar-refractivity contribution in [1.29, 1.82) is 0 Å². The van der Waals surface area contributed by atoms with Gasteiger partial charge in [-0.15, -0.1) is 0 Å². The van der Waals surface area contributed by atoms with Gasteiger partial charge in [0.15, 0.2) is 0 Å². The standard InChI is InChI=1S/C19H19N2O/c1-12-8-7-9-13(2)17(12)21-14(3)20(4)18-15-10-5-6-11-16(15)22-19(18)21/h5-11H,1-4H3/q+1. The summed E-state index contributed by atoms with van der Waals surface area (Å²) in [7, 11) is 2.10. The Balaban J connectivity index is 2.21. The molecule has 0 aliphatic heterocycles. The summed E-state index contributed by atoms with van der Waals surface area (Å²) in [6.45, 7) is 6.43. The van der Waals surface area contributed by atoms with Crippen LogP contribution >= 0.6 is 0 Å². The summed E-state index contributed by atoms with van der Waals surface area (Å²) >= 11 is 0. The lowest BCUT2D eigenvalue weighted by Crippen LogP contribution is -2.31. The zero-order chi connectivity index (χ0) is 15.4. The highest BCUT2D eigenvalue weighted by Crippen LogP contribution is 2.31. The van der Waals surface area contributed by atoms with Crippen molar-refractivity contribution >= 4 is 22.2 Å². The molecule has 0 bridgehead atoms. The average molecular weight is 291 g/mol. The molecule has 2 heterocycles. The van der Waals surface area contributed by atoms with Gasteiger partial charge >= 0.3 is 5.71 Å². The third-order valence-corrected chi connectivity index (χ3v) is 4.56. The number of hydrogen-bond donors (Lipinski definition) is 0. The number of benzene rings is 2. The van der Waals surface area contributed by atoms with E-state index >= 15 is 0 Å². The Morgan fingerprint density at radius 2 is 1.59 bits per heavy atom. The third kappa shape index (κ3) is 1.59. The molecule has 0 fully saturated rings. The molecule has 0 atom stereocenters. The van der Waals surface area contributed by atoms with Crippen molar-refractivity contribution in [2.75, 3.05) is 0 Å². The highest BCUT2D eigenvalue weighted by Gasteiger charge is 2.28. The monoisotopic (exact) mass is 291 g/mol. The second-order valence-corrected chi connectivity index (χ2v) is 5.93. The van der Waals surface area contributed by atoms with Gasteiger partial charge in [0.1, 0.15) is 11.3 Å². The largest absolute Gasteiger partial charge is 0.419 e.